The maximum absolute atomic E-state index is 11.8. The Kier molecular flexibility index (Phi) is 2.45. The highest BCUT2D eigenvalue weighted by Gasteiger charge is 1.97. The second kappa shape index (κ2) is 3.92. The Morgan fingerprint density at radius 2 is 1.29 bits per heavy atom. The molecule has 0 aromatic heterocycles. The van der Waals surface area contributed by atoms with Crippen LogP contribution in [0.3, 0.4) is 0 Å². The topological polar surface area (TPSA) is 9.23 Å². The quantitative estimate of drug-likeness (QED) is 0.699. The fourth-order valence-electron chi connectivity index (χ4n) is 1.33. The van der Waals surface area contributed by atoms with E-state index >= 15 is 0 Å². The minimum atomic E-state index is 0.227. The van der Waals surface area contributed by atoms with Gasteiger partial charge in [-0.15, -0.1) is 0 Å². The van der Waals surface area contributed by atoms with Crippen LogP contribution in [-0.4, -0.2) is 0 Å². The van der Waals surface area contributed by atoms with E-state index in [-0.39, 0.29) is 5.75 Å². The average Bonchev–Trinajstić information content (AvgIpc) is 2.30. The van der Waals surface area contributed by atoms with Gasteiger partial charge in [-0.2, -0.15) is 0 Å². The molecule has 2 rings (SSSR count). The smallest absolute Gasteiger partial charge is 0.171 e. The number of hydrogen-bond donors (Lipinski definition) is 0. The predicted octanol–water partition coefficient (Wildman–Crippen LogP) is 3.62. The van der Waals surface area contributed by atoms with E-state index < -0.39 is 0 Å². The molecule has 70 valence electrons. The van der Waals surface area contributed by atoms with Gasteiger partial charge in [-0.25, -0.2) is 0 Å². The summed E-state index contributed by atoms with van der Waals surface area (Å²) in [6.45, 7) is 0. The molecule has 1 nitrogen and oxygen atoms in total. The Hall–Kier alpha value is -1.83. The fourth-order valence-corrected chi connectivity index (χ4v) is 1.33. The maximum atomic E-state index is 11.8. The van der Waals surface area contributed by atoms with Crippen LogP contribution >= 0.6 is 0 Å². The van der Waals surface area contributed by atoms with E-state index in [2.05, 4.69) is 4.94 Å². The molecule has 0 radical (unpaired) electrons. The molecule has 0 saturated heterocycles. The van der Waals surface area contributed by atoms with Gasteiger partial charge in [-0.1, -0.05) is 42.5 Å². The molecule has 0 fully saturated rings. The molecule has 0 spiro atoms. The molecule has 0 unspecified atom stereocenters. The first-order valence-electron chi connectivity index (χ1n) is 4.34. The fraction of sp³-hybridized carbons (Fsp3) is 0. The third-order valence-corrected chi connectivity index (χ3v) is 2.05. The van der Waals surface area contributed by atoms with Crippen LogP contribution in [0.25, 0.3) is 11.1 Å². The lowest BCUT2D eigenvalue weighted by Crippen LogP contribution is -1.78. The highest BCUT2D eigenvalue weighted by atomic mass is 19.3. The van der Waals surface area contributed by atoms with Crippen molar-refractivity contribution in [3.05, 3.63) is 54.6 Å². The van der Waals surface area contributed by atoms with Gasteiger partial charge in [0, 0.05) is 4.53 Å². The third kappa shape index (κ3) is 1.74. The van der Waals surface area contributed by atoms with Crippen LogP contribution in [0.2, 0.25) is 0 Å². The monoisotopic (exact) mass is 188 g/mol. The average molecular weight is 188 g/mol. The van der Waals surface area contributed by atoms with Crippen LogP contribution < -0.4 is 4.94 Å². The van der Waals surface area contributed by atoms with E-state index in [1.54, 1.807) is 12.1 Å². The summed E-state index contributed by atoms with van der Waals surface area (Å²) in [5, 5.41) is 0. The molecule has 0 saturated carbocycles. The lowest BCUT2D eigenvalue weighted by Gasteiger charge is -2.00. The lowest BCUT2D eigenvalue weighted by atomic mass is 10.1. The molecule has 0 aliphatic rings. The van der Waals surface area contributed by atoms with Gasteiger partial charge in [0.05, 0.1) is 0 Å². The van der Waals surface area contributed by atoms with Gasteiger partial charge in [0.25, 0.3) is 0 Å². The molecule has 0 atom stereocenters. The minimum absolute atomic E-state index is 0.227. The Balaban J connectivity index is 2.34. The molecule has 0 heterocycles. The molecule has 0 amide bonds. The van der Waals surface area contributed by atoms with Gasteiger partial charge in [-0.3, -0.25) is 4.94 Å². The summed E-state index contributed by atoms with van der Waals surface area (Å²) in [5.74, 6) is 0.227. The number of halogens is 1. The molecule has 2 aromatic carbocycles. The molecule has 0 aliphatic carbocycles. The van der Waals surface area contributed by atoms with Gasteiger partial charge >= 0.3 is 0 Å². The second-order valence-electron chi connectivity index (χ2n) is 2.97. The second-order valence-corrected chi connectivity index (χ2v) is 2.97. The Morgan fingerprint density at radius 1 is 0.714 bits per heavy atom. The summed E-state index contributed by atoms with van der Waals surface area (Å²) >= 11 is 0. The van der Waals surface area contributed by atoms with Gasteiger partial charge in [-0.05, 0) is 23.3 Å². The van der Waals surface area contributed by atoms with Crippen LogP contribution in [0.5, 0.6) is 5.75 Å². The van der Waals surface area contributed by atoms with E-state index in [9.17, 15) is 4.53 Å². The Morgan fingerprint density at radius 3 is 1.86 bits per heavy atom. The summed E-state index contributed by atoms with van der Waals surface area (Å²) in [6, 6.07) is 16.8. The van der Waals surface area contributed by atoms with Crippen molar-refractivity contribution in [1.29, 1.82) is 0 Å². The largest absolute Gasteiger partial charge is 0.294 e. The highest BCUT2D eigenvalue weighted by molar-refractivity contribution is 5.63. The summed E-state index contributed by atoms with van der Waals surface area (Å²) in [4.78, 5) is 3.61. The van der Waals surface area contributed by atoms with E-state index in [4.69, 9.17) is 0 Å². The van der Waals surface area contributed by atoms with Crippen LogP contribution in [0.15, 0.2) is 54.6 Å². The molecule has 0 aliphatic heterocycles. The summed E-state index contributed by atoms with van der Waals surface area (Å²) in [6.07, 6.45) is 0. The van der Waals surface area contributed by atoms with Crippen molar-refractivity contribution in [1.82, 2.24) is 0 Å². The molecule has 2 heteroatoms. The van der Waals surface area contributed by atoms with Gasteiger partial charge in [0.2, 0.25) is 0 Å². The van der Waals surface area contributed by atoms with Crippen LogP contribution in [0.4, 0.5) is 4.53 Å². The predicted molar refractivity (Wildman–Crippen MR) is 53.6 cm³/mol. The Bertz CT molecular complexity index is 394. The third-order valence-electron chi connectivity index (χ3n) is 2.05. The maximum Gasteiger partial charge on any atom is 0.171 e. The highest BCUT2D eigenvalue weighted by Crippen LogP contribution is 2.21. The van der Waals surface area contributed by atoms with Crippen molar-refractivity contribution in [2.75, 3.05) is 0 Å². The standard InChI is InChI=1S/C12H9FO/c13-14-12-8-6-11(7-9-12)10-4-2-1-3-5-10/h1-9H. The van der Waals surface area contributed by atoms with Crippen LogP contribution in [-0.2, 0) is 0 Å². The molecular weight excluding hydrogens is 179 g/mol. The van der Waals surface area contributed by atoms with E-state index in [1.807, 2.05) is 42.5 Å². The number of hydrogen-bond acceptors (Lipinski definition) is 1. The first-order valence-corrected chi connectivity index (χ1v) is 4.34. The SMILES string of the molecule is FOc1ccc(-c2ccccc2)cc1. The van der Waals surface area contributed by atoms with E-state index in [0.29, 0.717) is 0 Å². The van der Waals surface area contributed by atoms with E-state index in [0.717, 1.165) is 11.1 Å². The number of benzene rings is 2. The first kappa shape index (κ1) is 8.75. The Labute approximate surface area is 81.7 Å². The van der Waals surface area contributed by atoms with Crippen molar-refractivity contribution in [3.8, 4) is 16.9 Å². The van der Waals surface area contributed by atoms with Crippen molar-refractivity contribution >= 4 is 0 Å². The van der Waals surface area contributed by atoms with Crippen molar-refractivity contribution in [3.63, 3.8) is 0 Å². The molecule has 0 bridgehead atoms. The molecule has 14 heavy (non-hydrogen) atoms. The minimum Gasteiger partial charge on any atom is -0.294 e. The van der Waals surface area contributed by atoms with Gasteiger partial charge in [0.1, 0.15) is 0 Å². The number of rotatable bonds is 2. The summed E-state index contributed by atoms with van der Waals surface area (Å²) in [5.41, 5.74) is 2.16. The zero-order valence-electron chi connectivity index (χ0n) is 7.48. The molecular formula is C12H9FO. The van der Waals surface area contributed by atoms with Crippen LogP contribution in [0, 0.1) is 0 Å². The van der Waals surface area contributed by atoms with E-state index in [1.165, 1.54) is 0 Å². The van der Waals surface area contributed by atoms with Crippen molar-refractivity contribution < 1.29 is 9.47 Å². The van der Waals surface area contributed by atoms with Crippen LogP contribution in [0.1, 0.15) is 0 Å². The first-order chi connectivity index (χ1) is 6.90. The van der Waals surface area contributed by atoms with Crippen molar-refractivity contribution in [2.45, 2.75) is 0 Å². The molecule has 0 N–H and O–H groups in total. The summed E-state index contributed by atoms with van der Waals surface area (Å²) in [7, 11) is 0. The zero-order valence-corrected chi connectivity index (χ0v) is 7.48. The van der Waals surface area contributed by atoms with Gasteiger partial charge < -0.3 is 0 Å². The summed E-state index contributed by atoms with van der Waals surface area (Å²) < 4.78 is 11.8. The molecule has 2 aromatic rings. The van der Waals surface area contributed by atoms with Crippen molar-refractivity contribution in [2.24, 2.45) is 0 Å². The zero-order chi connectivity index (χ0) is 9.80. The van der Waals surface area contributed by atoms with Gasteiger partial charge in [0.15, 0.2) is 5.75 Å². The lowest BCUT2D eigenvalue weighted by molar-refractivity contribution is -0.00618. The normalized spacial score (nSPS) is 9.79.